The molecule has 0 saturated heterocycles. The van der Waals surface area contributed by atoms with Crippen LogP contribution in [0.25, 0.3) is 5.69 Å². The summed E-state index contributed by atoms with van der Waals surface area (Å²) in [5.74, 6) is 1.95. The van der Waals surface area contributed by atoms with Gasteiger partial charge in [-0.3, -0.25) is 0 Å². The van der Waals surface area contributed by atoms with Crippen molar-refractivity contribution in [2.75, 3.05) is 6.54 Å². The van der Waals surface area contributed by atoms with Gasteiger partial charge in [0.25, 0.3) is 0 Å². The Morgan fingerprint density at radius 2 is 1.95 bits per heavy atom. The van der Waals surface area contributed by atoms with Crippen molar-refractivity contribution in [2.45, 2.75) is 47.1 Å². The third-order valence-electron chi connectivity index (χ3n) is 3.43. The summed E-state index contributed by atoms with van der Waals surface area (Å²) in [6, 6.07) is 6.55. The van der Waals surface area contributed by atoms with Crippen LogP contribution in [0, 0.1) is 6.92 Å². The molecule has 1 N–H and O–H groups in total. The van der Waals surface area contributed by atoms with Gasteiger partial charge in [-0.15, -0.1) is 0 Å². The second kappa shape index (κ2) is 6.66. The Morgan fingerprint density at radius 1 is 1.15 bits per heavy atom. The van der Waals surface area contributed by atoms with Crippen molar-refractivity contribution in [3.8, 4) is 5.69 Å². The van der Waals surface area contributed by atoms with Crippen LogP contribution in [0.1, 0.15) is 43.5 Å². The number of hydrogen-bond acceptors (Lipinski definition) is 3. The van der Waals surface area contributed by atoms with Crippen molar-refractivity contribution in [1.29, 1.82) is 0 Å². The van der Waals surface area contributed by atoms with Gasteiger partial charge in [0.2, 0.25) is 0 Å². The Morgan fingerprint density at radius 3 is 2.60 bits per heavy atom. The Kier molecular flexibility index (Phi) is 4.90. The second-order valence-electron chi connectivity index (χ2n) is 4.96. The molecule has 0 atom stereocenters. The van der Waals surface area contributed by atoms with E-state index in [1.807, 2.05) is 4.68 Å². The normalized spacial score (nSPS) is 11.0. The van der Waals surface area contributed by atoms with Crippen LogP contribution >= 0.6 is 0 Å². The SMILES string of the molecule is CCNCc1ccc(C)c(-n2nc(CC)nc2CC)c1. The van der Waals surface area contributed by atoms with Crippen molar-refractivity contribution in [1.82, 2.24) is 20.1 Å². The molecule has 1 aromatic carbocycles. The maximum absolute atomic E-state index is 4.64. The summed E-state index contributed by atoms with van der Waals surface area (Å²) in [6.07, 6.45) is 1.76. The molecule has 4 heteroatoms. The van der Waals surface area contributed by atoms with Gasteiger partial charge >= 0.3 is 0 Å². The highest BCUT2D eigenvalue weighted by Gasteiger charge is 2.11. The van der Waals surface area contributed by atoms with Crippen LogP contribution < -0.4 is 5.32 Å². The van der Waals surface area contributed by atoms with E-state index in [4.69, 9.17) is 0 Å². The maximum atomic E-state index is 4.64. The van der Waals surface area contributed by atoms with Crippen molar-refractivity contribution < 1.29 is 0 Å². The van der Waals surface area contributed by atoms with E-state index in [0.717, 1.165) is 43.3 Å². The molecule has 0 aliphatic carbocycles. The second-order valence-corrected chi connectivity index (χ2v) is 4.96. The molecule has 20 heavy (non-hydrogen) atoms. The van der Waals surface area contributed by atoms with E-state index < -0.39 is 0 Å². The fourth-order valence-corrected chi connectivity index (χ4v) is 2.23. The first-order valence-electron chi connectivity index (χ1n) is 7.45. The summed E-state index contributed by atoms with van der Waals surface area (Å²) < 4.78 is 2.00. The van der Waals surface area contributed by atoms with Crippen LogP contribution in [0.4, 0.5) is 0 Å². The number of nitrogens with zero attached hydrogens (tertiary/aromatic N) is 3. The quantitative estimate of drug-likeness (QED) is 0.879. The molecule has 2 rings (SSSR count). The van der Waals surface area contributed by atoms with Gasteiger partial charge < -0.3 is 5.32 Å². The summed E-state index contributed by atoms with van der Waals surface area (Å²) in [5.41, 5.74) is 3.65. The Balaban J connectivity index is 2.42. The molecule has 0 radical (unpaired) electrons. The summed E-state index contributed by atoms with van der Waals surface area (Å²) >= 11 is 0. The highest BCUT2D eigenvalue weighted by atomic mass is 15.3. The van der Waals surface area contributed by atoms with E-state index in [-0.39, 0.29) is 0 Å². The Labute approximate surface area is 121 Å². The van der Waals surface area contributed by atoms with Crippen LogP contribution in [0.5, 0.6) is 0 Å². The molecule has 0 fully saturated rings. The third-order valence-corrected chi connectivity index (χ3v) is 3.43. The summed E-state index contributed by atoms with van der Waals surface area (Å²) in [4.78, 5) is 4.59. The molecular weight excluding hydrogens is 248 g/mol. The highest BCUT2D eigenvalue weighted by molar-refractivity contribution is 5.43. The minimum Gasteiger partial charge on any atom is -0.313 e. The average Bonchev–Trinajstić information content (AvgIpc) is 2.89. The molecule has 0 aliphatic rings. The minimum absolute atomic E-state index is 0.871. The van der Waals surface area contributed by atoms with Crippen molar-refractivity contribution >= 4 is 0 Å². The molecular formula is C16H24N4. The van der Waals surface area contributed by atoms with Gasteiger partial charge in [-0.2, -0.15) is 5.10 Å². The monoisotopic (exact) mass is 272 g/mol. The zero-order chi connectivity index (χ0) is 14.5. The first kappa shape index (κ1) is 14.7. The lowest BCUT2D eigenvalue weighted by Crippen LogP contribution is -2.12. The fourth-order valence-electron chi connectivity index (χ4n) is 2.23. The zero-order valence-electron chi connectivity index (χ0n) is 12.9. The zero-order valence-corrected chi connectivity index (χ0v) is 12.9. The van der Waals surface area contributed by atoms with E-state index in [9.17, 15) is 0 Å². The van der Waals surface area contributed by atoms with Crippen LogP contribution in [0.3, 0.4) is 0 Å². The Bertz CT molecular complexity index is 572. The van der Waals surface area contributed by atoms with Gasteiger partial charge in [0, 0.05) is 19.4 Å². The van der Waals surface area contributed by atoms with Crippen LogP contribution in [-0.4, -0.2) is 21.3 Å². The van der Waals surface area contributed by atoms with Gasteiger partial charge in [0.05, 0.1) is 5.69 Å². The molecule has 0 saturated carbocycles. The summed E-state index contributed by atoms with van der Waals surface area (Å²) in [7, 11) is 0. The number of aromatic nitrogens is 3. The molecule has 4 nitrogen and oxygen atoms in total. The molecule has 108 valence electrons. The molecule has 0 amide bonds. The van der Waals surface area contributed by atoms with E-state index >= 15 is 0 Å². The van der Waals surface area contributed by atoms with Crippen LogP contribution in [0.15, 0.2) is 18.2 Å². The standard InChI is InChI=1S/C16H24N4/c1-5-15-18-16(6-2)20(19-15)14-10-13(11-17-7-3)9-8-12(14)4/h8-10,17H,5-7,11H2,1-4H3. The van der Waals surface area contributed by atoms with Crippen LogP contribution in [-0.2, 0) is 19.4 Å². The summed E-state index contributed by atoms with van der Waals surface area (Å²) in [5, 5.41) is 8.00. The van der Waals surface area contributed by atoms with Crippen LogP contribution in [0.2, 0.25) is 0 Å². The molecule has 2 aromatic rings. The molecule has 0 unspecified atom stereocenters. The molecule has 0 aliphatic heterocycles. The molecule has 0 bridgehead atoms. The third kappa shape index (κ3) is 3.07. The van der Waals surface area contributed by atoms with Gasteiger partial charge in [-0.25, -0.2) is 9.67 Å². The summed E-state index contributed by atoms with van der Waals surface area (Å²) in [6.45, 7) is 10.3. The topological polar surface area (TPSA) is 42.7 Å². The molecule has 1 aromatic heterocycles. The predicted molar refractivity (Wildman–Crippen MR) is 82.2 cm³/mol. The number of benzene rings is 1. The number of aryl methyl sites for hydroxylation is 3. The lowest BCUT2D eigenvalue weighted by molar-refractivity contribution is 0.723. The highest BCUT2D eigenvalue weighted by Crippen LogP contribution is 2.18. The lowest BCUT2D eigenvalue weighted by Gasteiger charge is -2.11. The predicted octanol–water partition coefficient (Wildman–Crippen LogP) is 2.81. The molecule has 0 spiro atoms. The van der Waals surface area contributed by atoms with E-state index in [1.54, 1.807) is 0 Å². The first-order chi connectivity index (χ1) is 9.69. The average molecular weight is 272 g/mol. The first-order valence-corrected chi connectivity index (χ1v) is 7.45. The maximum Gasteiger partial charge on any atom is 0.151 e. The Hall–Kier alpha value is -1.68. The van der Waals surface area contributed by atoms with Gasteiger partial charge in [0.15, 0.2) is 5.82 Å². The van der Waals surface area contributed by atoms with E-state index in [2.05, 4.69) is 61.3 Å². The van der Waals surface area contributed by atoms with Gasteiger partial charge in [-0.05, 0) is 30.7 Å². The van der Waals surface area contributed by atoms with Gasteiger partial charge in [-0.1, -0.05) is 32.9 Å². The van der Waals surface area contributed by atoms with E-state index in [0.29, 0.717) is 0 Å². The largest absolute Gasteiger partial charge is 0.313 e. The number of nitrogens with one attached hydrogen (secondary N) is 1. The van der Waals surface area contributed by atoms with Gasteiger partial charge in [0.1, 0.15) is 5.82 Å². The number of hydrogen-bond donors (Lipinski definition) is 1. The minimum atomic E-state index is 0.871. The molecule has 1 heterocycles. The number of rotatable bonds is 6. The lowest BCUT2D eigenvalue weighted by atomic mass is 10.1. The van der Waals surface area contributed by atoms with Crippen molar-refractivity contribution in [3.05, 3.63) is 41.0 Å². The smallest absolute Gasteiger partial charge is 0.151 e. The van der Waals surface area contributed by atoms with Crippen molar-refractivity contribution in [2.24, 2.45) is 0 Å². The van der Waals surface area contributed by atoms with Crippen molar-refractivity contribution in [3.63, 3.8) is 0 Å². The van der Waals surface area contributed by atoms with E-state index in [1.165, 1.54) is 11.1 Å². The fraction of sp³-hybridized carbons (Fsp3) is 0.500.